The molecule has 0 aromatic heterocycles. The summed E-state index contributed by atoms with van der Waals surface area (Å²) in [4.78, 5) is 39.6. The molecule has 23 heavy (non-hydrogen) atoms. The Bertz CT molecular complexity index is 747. The maximum Gasteiger partial charge on any atom is 0.373 e. The van der Waals surface area contributed by atoms with Crippen LogP contribution in [0.5, 0.6) is 0 Å². The van der Waals surface area contributed by atoms with Gasteiger partial charge in [0.25, 0.3) is 0 Å². The van der Waals surface area contributed by atoms with Crippen LogP contribution in [-0.2, 0) is 38.4 Å². The molecular weight excluding hydrogens is 294 g/mol. The van der Waals surface area contributed by atoms with Crippen molar-refractivity contribution in [2.75, 3.05) is 5.32 Å². The first-order valence-corrected chi connectivity index (χ1v) is 7.09. The summed E-state index contributed by atoms with van der Waals surface area (Å²) < 4.78 is 0. The van der Waals surface area contributed by atoms with E-state index in [4.69, 9.17) is 9.59 Å². The molecule has 3 rings (SSSR count). The van der Waals surface area contributed by atoms with Gasteiger partial charge in [0, 0.05) is 18.5 Å². The molecule has 116 valence electrons. The second-order valence-corrected chi connectivity index (χ2v) is 5.18. The molecule has 1 heterocycles. The second kappa shape index (κ2) is 7.82. The molecule has 2 aromatic rings. The molecule has 1 aliphatic heterocycles. The minimum absolute atomic E-state index is 0.0211. The van der Waals surface area contributed by atoms with Gasteiger partial charge in [-0.25, -0.2) is 0 Å². The van der Waals surface area contributed by atoms with Crippen LogP contribution in [0.25, 0.3) is 0 Å². The molecular formula is C18H15NO4. The van der Waals surface area contributed by atoms with E-state index >= 15 is 0 Å². The zero-order valence-corrected chi connectivity index (χ0v) is 12.4. The highest BCUT2D eigenvalue weighted by molar-refractivity contribution is 5.99. The van der Waals surface area contributed by atoms with E-state index in [-0.39, 0.29) is 17.8 Å². The van der Waals surface area contributed by atoms with Crippen LogP contribution in [0.2, 0.25) is 0 Å². The first kappa shape index (κ1) is 16.3. The van der Waals surface area contributed by atoms with Crippen molar-refractivity contribution in [1.82, 2.24) is 0 Å². The summed E-state index contributed by atoms with van der Waals surface area (Å²) >= 11 is 0. The number of nitrogens with one attached hydrogen (secondary N) is 1. The average molecular weight is 309 g/mol. The van der Waals surface area contributed by atoms with Crippen LogP contribution in [0, 0.1) is 0 Å². The normalized spacial score (nSPS) is 11.6. The number of benzene rings is 2. The van der Waals surface area contributed by atoms with Gasteiger partial charge in [-0.15, -0.1) is 0 Å². The van der Waals surface area contributed by atoms with Crippen LogP contribution < -0.4 is 5.32 Å². The number of Topliss-reactive ketones (excluding diaryl/α,β-unsaturated/α-hetero) is 1. The summed E-state index contributed by atoms with van der Waals surface area (Å²) in [5.74, 6) is 0.209. The average Bonchev–Trinajstić information content (AvgIpc) is 2.88. The summed E-state index contributed by atoms with van der Waals surface area (Å²) in [6.07, 6.45) is 1.53. The van der Waals surface area contributed by atoms with Gasteiger partial charge in [0.15, 0.2) is 0 Å². The summed E-state index contributed by atoms with van der Waals surface area (Å²) in [6.45, 7) is 0. The number of hydrogen-bond acceptors (Lipinski definition) is 4. The van der Waals surface area contributed by atoms with Gasteiger partial charge < -0.3 is 5.32 Å². The van der Waals surface area contributed by atoms with E-state index < -0.39 is 0 Å². The molecule has 0 fully saturated rings. The molecule has 2 aromatic carbocycles. The second-order valence-electron chi connectivity index (χ2n) is 5.18. The number of hydrogen-bond donors (Lipinski definition) is 1. The predicted molar refractivity (Wildman–Crippen MR) is 82.6 cm³/mol. The molecule has 1 N–H and O–H groups in total. The molecule has 0 atom stereocenters. The number of carbonyl (C=O) groups is 2. The number of carbonyl (C=O) groups excluding carboxylic acids is 4. The maximum absolute atomic E-state index is 12.1. The third kappa shape index (κ3) is 4.73. The lowest BCUT2D eigenvalue weighted by molar-refractivity contribution is -0.191. The predicted octanol–water partition coefficient (Wildman–Crippen LogP) is 1.95. The lowest BCUT2D eigenvalue weighted by Crippen LogP contribution is -2.06. The Kier molecular flexibility index (Phi) is 5.56. The molecule has 5 nitrogen and oxygen atoms in total. The quantitative estimate of drug-likeness (QED) is 0.936. The summed E-state index contributed by atoms with van der Waals surface area (Å²) in [7, 11) is 0. The Labute approximate surface area is 133 Å². The van der Waals surface area contributed by atoms with E-state index in [1.165, 1.54) is 0 Å². The highest BCUT2D eigenvalue weighted by Crippen LogP contribution is 2.24. The fourth-order valence-electron chi connectivity index (χ4n) is 2.51. The SMILES string of the molecule is O=C(Cc1ccccc1)Cc1ccc2c(c1)CC(=O)N2.O=C=O. The Morgan fingerprint density at radius 2 is 1.65 bits per heavy atom. The smallest absolute Gasteiger partial charge is 0.326 e. The maximum atomic E-state index is 12.1. The van der Waals surface area contributed by atoms with Crippen molar-refractivity contribution in [3.63, 3.8) is 0 Å². The fraction of sp³-hybridized carbons (Fsp3) is 0.167. The highest BCUT2D eigenvalue weighted by Gasteiger charge is 2.17. The van der Waals surface area contributed by atoms with Crippen molar-refractivity contribution in [2.24, 2.45) is 0 Å². The van der Waals surface area contributed by atoms with E-state index in [1.807, 2.05) is 48.5 Å². The number of ketones is 1. The van der Waals surface area contributed by atoms with E-state index in [9.17, 15) is 9.59 Å². The van der Waals surface area contributed by atoms with Gasteiger partial charge in [0.05, 0.1) is 6.42 Å². The third-order valence-corrected chi connectivity index (χ3v) is 3.44. The van der Waals surface area contributed by atoms with E-state index in [1.54, 1.807) is 0 Å². The zero-order valence-electron chi connectivity index (χ0n) is 12.4. The number of anilines is 1. The molecule has 0 bridgehead atoms. The van der Waals surface area contributed by atoms with Gasteiger partial charge in [-0.05, 0) is 22.8 Å². The molecule has 0 radical (unpaired) electrons. The van der Waals surface area contributed by atoms with Crippen LogP contribution >= 0.6 is 0 Å². The van der Waals surface area contributed by atoms with Gasteiger partial charge in [-0.1, -0.05) is 42.5 Å². The molecule has 0 saturated heterocycles. The minimum Gasteiger partial charge on any atom is -0.326 e. The molecule has 0 unspecified atom stereocenters. The summed E-state index contributed by atoms with van der Waals surface area (Å²) in [6, 6.07) is 15.5. The van der Waals surface area contributed by atoms with E-state index in [0.717, 1.165) is 22.4 Å². The number of fused-ring (bicyclic) bond motifs is 1. The van der Waals surface area contributed by atoms with Crippen molar-refractivity contribution < 1.29 is 19.2 Å². The van der Waals surface area contributed by atoms with Gasteiger partial charge in [-0.2, -0.15) is 9.59 Å². The van der Waals surface area contributed by atoms with Crippen molar-refractivity contribution in [3.05, 3.63) is 65.2 Å². The molecule has 1 amide bonds. The first-order valence-electron chi connectivity index (χ1n) is 7.09. The molecule has 0 saturated carbocycles. The van der Waals surface area contributed by atoms with Crippen LogP contribution in [0.4, 0.5) is 5.69 Å². The van der Waals surface area contributed by atoms with Gasteiger partial charge in [0.2, 0.25) is 5.91 Å². The molecule has 1 aliphatic rings. The largest absolute Gasteiger partial charge is 0.373 e. The minimum atomic E-state index is 0.0211. The summed E-state index contributed by atoms with van der Waals surface area (Å²) in [5, 5.41) is 2.79. The van der Waals surface area contributed by atoms with E-state index in [2.05, 4.69) is 5.32 Å². The van der Waals surface area contributed by atoms with Gasteiger partial charge >= 0.3 is 6.15 Å². The Morgan fingerprint density at radius 1 is 1.00 bits per heavy atom. The van der Waals surface area contributed by atoms with Crippen LogP contribution in [0.15, 0.2) is 48.5 Å². The Hall–Kier alpha value is -3.04. The van der Waals surface area contributed by atoms with Gasteiger partial charge in [-0.3, -0.25) is 9.59 Å². The Morgan fingerprint density at radius 3 is 2.35 bits per heavy atom. The van der Waals surface area contributed by atoms with E-state index in [0.29, 0.717) is 19.3 Å². The zero-order chi connectivity index (χ0) is 16.7. The highest BCUT2D eigenvalue weighted by atomic mass is 16.2. The van der Waals surface area contributed by atoms with Crippen molar-refractivity contribution >= 4 is 23.5 Å². The van der Waals surface area contributed by atoms with Crippen molar-refractivity contribution in [1.29, 1.82) is 0 Å². The fourth-order valence-corrected chi connectivity index (χ4v) is 2.51. The number of amides is 1. The van der Waals surface area contributed by atoms with Crippen LogP contribution in [-0.4, -0.2) is 17.8 Å². The summed E-state index contributed by atoms with van der Waals surface area (Å²) in [5.41, 5.74) is 3.87. The lowest BCUT2D eigenvalue weighted by atomic mass is 10.0. The van der Waals surface area contributed by atoms with Crippen LogP contribution in [0.1, 0.15) is 16.7 Å². The van der Waals surface area contributed by atoms with Gasteiger partial charge in [0.1, 0.15) is 5.78 Å². The topological polar surface area (TPSA) is 80.3 Å². The molecule has 0 spiro atoms. The third-order valence-electron chi connectivity index (χ3n) is 3.44. The number of rotatable bonds is 4. The Balaban J connectivity index is 0.000000595. The molecule has 0 aliphatic carbocycles. The van der Waals surface area contributed by atoms with Crippen LogP contribution in [0.3, 0.4) is 0 Å². The molecule has 5 heteroatoms. The monoisotopic (exact) mass is 309 g/mol. The van der Waals surface area contributed by atoms with Crippen molar-refractivity contribution in [3.8, 4) is 0 Å². The lowest BCUT2D eigenvalue weighted by Gasteiger charge is -2.04. The van der Waals surface area contributed by atoms with Crippen molar-refractivity contribution in [2.45, 2.75) is 19.3 Å². The first-order chi connectivity index (χ1) is 11.1. The standard InChI is InChI=1S/C17H15NO2.CO2/c19-15(9-12-4-2-1-3-5-12)10-13-6-7-16-14(8-13)11-17(20)18-16;2-1-3/h1-8H,9-11H2,(H,18,20);.